The molecule has 1 aromatic rings. The van der Waals surface area contributed by atoms with Crippen LogP contribution in [-0.2, 0) is 9.84 Å². The highest BCUT2D eigenvalue weighted by Crippen LogP contribution is 2.11. The van der Waals surface area contributed by atoms with Gasteiger partial charge in [-0.1, -0.05) is 0 Å². The van der Waals surface area contributed by atoms with Crippen LogP contribution in [0.3, 0.4) is 0 Å². The maximum Gasteiger partial charge on any atom is 0.319 e. The molecule has 0 bridgehead atoms. The van der Waals surface area contributed by atoms with Crippen LogP contribution in [0.2, 0.25) is 0 Å². The summed E-state index contributed by atoms with van der Waals surface area (Å²) in [6, 6.07) is 5.72. The van der Waals surface area contributed by atoms with Gasteiger partial charge in [0.05, 0.1) is 11.8 Å². The second-order valence-electron chi connectivity index (χ2n) is 3.99. The Labute approximate surface area is 105 Å². The van der Waals surface area contributed by atoms with E-state index in [0.717, 1.165) is 5.41 Å². The normalized spacial score (nSPS) is 20.6. The monoisotopic (exact) mass is 267 g/mol. The van der Waals surface area contributed by atoms with Gasteiger partial charge in [-0.3, -0.25) is 0 Å². The average molecular weight is 267 g/mol. The molecule has 1 heterocycles. The summed E-state index contributed by atoms with van der Waals surface area (Å²) in [4.78, 5) is 11.6. The van der Waals surface area contributed by atoms with E-state index < -0.39 is 21.9 Å². The Bertz CT molecular complexity index is 578. The van der Waals surface area contributed by atoms with Crippen molar-refractivity contribution in [2.75, 3.05) is 16.8 Å². The van der Waals surface area contributed by atoms with Gasteiger partial charge in [-0.25, -0.2) is 13.2 Å². The maximum atomic E-state index is 11.6. The molecule has 1 atom stereocenters. The number of nitrogens with one attached hydrogen (secondary N) is 2. The molecule has 0 aromatic heterocycles. The average Bonchev–Trinajstić information content (AvgIpc) is 2.61. The quantitative estimate of drug-likeness (QED) is 0.686. The summed E-state index contributed by atoms with van der Waals surface area (Å²) in [5, 5.41) is 6.25. The zero-order chi connectivity index (χ0) is 13.2. The van der Waals surface area contributed by atoms with E-state index in [0.29, 0.717) is 11.4 Å². The van der Waals surface area contributed by atoms with Crippen molar-refractivity contribution in [2.24, 2.45) is 0 Å². The van der Waals surface area contributed by atoms with Crippen molar-refractivity contribution in [2.45, 2.75) is 6.04 Å². The minimum atomic E-state index is -3.16. The van der Waals surface area contributed by atoms with Gasteiger partial charge in [0, 0.05) is 16.8 Å². The molecule has 6 nitrogen and oxygen atoms in total. The molecule has 4 N–H and O–H groups in total. The molecule has 0 radical (unpaired) electrons. The smallest absolute Gasteiger partial charge is 0.319 e. The van der Waals surface area contributed by atoms with E-state index in [9.17, 15) is 13.2 Å². The molecule has 18 heavy (non-hydrogen) atoms. The van der Waals surface area contributed by atoms with Gasteiger partial charge >= 0.3 is 6.03 Å². The van der Waals surface area contributed by atoms with Crippen molar-refractivity contribution in [3.63, 3.8) is 0 Å². The molecular formula is C11H13N3O3S. The third kappa shape index (κ3) is 3.24. The van der Waals surface area contributed by atoms with Gasteiger partial charge in [0.15, 0.2) is 9.84 Å². The van der Waals surface area contributed by atoms with Crippen molar-refractivity contribution < 1.29 is 13.2 Å². The fourth-order valence-electron chi connectivity index (χ4n) is 1.57. The fraction of sp³-hybridized carbons (Fsp3) is 0.182. The summed E-state index contributed by atoms with van der Waals surface area (Å²) in [5.74, 6) is -0.0951. The first-order valence-corrected chi connectivity index (χ1v) is 7.00. The lowest BCUT2D eigenvalue weighted by Crippen LogP contribution is -2.38. The SMILES string of the molecule is Nc1ccc(NC(=O)NC2C=CS(=O)(=O)C2)cc1. The minimum absolute atomic E-state index is 0.0951. The number of benzene rings is 1. The number of nitrogens with two attached hydrogens (primary N) is 1. The number of carbonyl (C=O) groups excluding carboxylic acids is 1. The second kappa shape index (κ2) is 4.69. The zero-order valence-corrected chi connectivity index (χ0v) is 10.3. The first-order chi connectivity index (χ1) is 8.44. The molecule has 0 fully saturated rings. The van der Waals surface area contributed by atoms with Crippen LogP contribution < -0.4 is 16.4 Å². The molecule has 1 aromatic carbocycles. The summed E-state index contributed by atoms with van der Waals surface area (Å²) in [6.07, 6.45) is 1.46. The second-order valence-corrected chi connectivity index (χ2v) is 5.92. The van der Waals surface area contributed by atoms with E-state index in [2.05, 4.69) is 10.6 Å². The lowest BCUT2D eigenvalue weighted by Gasteiger charge is -2.11. The lowest BCUT2D eigenvalue weighted by molar-refractivity contribution is 0.251. The Morgan fingerprint density at radius 3 is 2.50 bits per heavy atom. The molecule has 1 unspecified atom stereocenters. The van der Waals surface area contributed by atoms with Crippen molar-refractivity contribution in [3.05, 3.63) is 35.7 Å². The van der Waals surface area contributed by atoms with E-state index in [-0.39, 0.29) is 5.75 Å². The van der Waals surface area contributed by atoms with Gasteiger partial charge in [0.25, 0.3) is 0 Å². The van der Waals surface area contributed by atoms with Crippen LogP contribution >= 0.6 is 0 Å². The van der Waals surface area contributed by atoms with Crippen molar-refractivity contribution in [1.82, 2.24) is 5.32 Å². The number of sulfone groups is 1. The van der Waals surface area contributed by atoms with Crippen LogP contribution in [0.25, 0.3) is 0 Å². The highest BCUT2D eigenvalue weighted by molar-refractivity contribution is 7.94. The van der Waals surface area contributed by atoms with Crippen LogP contribution in [0.5, 0.6) is 0 Å². The molecule has 0 spiro atoms. The molecular weight excluding hydrogens is 254 g/mol. The number of rotatable bonds is 2. The Morgan fingerprint density at radius 1 is 1.28 bits per heavy atom. The standard InChI is InChI=1S/C11H13N3O3S/c12-8-1-3-9(4-2-8)13-11(15)14-10-5-6-18(16,17)7-10/h1-6,10H,7,12H2,(H2,13,14,15). The molecule has 0 aliphatic carbocycles. The number of hydrogen-bond acceptors (Lipinski definition) is 4. The first kappa shape index (κ1) is 12.4. The van der Waals surface area contributed by atoms with Crippen molar-refractivity contribution in [3.8, 4) is 0 Å². The van der Waals surface area contributed by atoms with Crippen molar-refractivity contribution in [1.29, 1.82) is 0 Å². The number of amides is 2. The van der Waals surface area contributed by atoms with Gasteiger partial charge in [-0.05, 0) is 30.3 Å². The summed E-state index contributed by atoms with van der Waals surface area (Å²) in [7, 11) is -3.16. The summed E-state index contributed by atoms with van der Waals surface area (Å²) >= 11 is 0. The Hall–Kier alpha value is -2.02. The van der Waals surface area contributed by atoms with Crippen molar-refractivity contribution >= 4 is 27.2 Å². The van der Waals surface area contributed by atoms with E-state index >= 15 is 0 Å². The molecule has 2 amide bonds. The van der Waals surface area contributed by atoms with Crippen LogP contribution in [0.4, 0.5) is 16.2 Å². The number of carbonyl (C=O) groups is 1. The van der Waals surface area contributed by atoms with E-state index in [4.69, 9.17) is 5.73 Å². The van der Waals surface area contributed by atoms with Gasteiger partial charge in [0.2, 0.25) is 0 Å². The molecule has 96 valence electrons. The minimum Gasteiger partial charge on any atom is -0.399 e. The lowest BCUT2D eigenvalue weighted by atomic mass is 10.3. The predicted molar refractivity (Wildman–Crippen MR) is 69.7 cm³/mol. The Kier molecular flexibility index (Phi) is 3.24. The van der Waals surface area contributed by atoms with Crippen LogP contribution in [0.1, 0.15) is 0 Å². The van der Waals surface area contributed by atoms with E-state index in [1.165, 1.54) is 6.08 Å². The van der Waals surface area contributed by atoms with Crippen LogP contribution in [0.15, 0.2) is 35.7 Å². The molecule has 1 aliphatic rings. The molecule has 0 saturated carbocycles. The molecule has 0 saturated heterocycles. The number of anilines is 2. The van der Waals surface area contributed by atoms with Crippen LogP contribution in [-0.4, -0.2) is 26.2 Å². The van der Waals surface area contributed by atoms with Gasteiger partial charge in [-0.2, -0.15) is 0 Å². The Balaban J connectivity index is 1.90. The Morgan fingerprint density at radius 2 is 1.94 bits per heavy atom. The van der Waals surface area contributed by atoms with Gasteiger partial charge in [0.1, 0.15) is 0 Å². The van der Waals surface area contributed by atoms with Crippen LogP contribution in [0, 0.1) is 0 Å². The highest BCUT2D eigenvalue weighted by Gasteiger charge is 2.22. The predicted octanol–water partition coefficient (Wildman–Crippen LogP) is 0.701. The van der Waals surface area contributed by atoms with Gasteiger partial charge < -0.3 is 16.4 Å². The summed E-state index contributed by atoms with van der Waals surface area (Å²) < 4.78 is 22.3. The molecule has 7 heteroatoms. The maximum absolute atomic E-state index is 11.6. The first-order valence-electron chi connectivity index (χ1n) is 5.29. The number of hydrogen-bond donors (Lipinski definition) is 3. The van der Waals surface area contributed by atoms with E-state index in [1.54, 1.807) is 24.3 Å². The molecule has 1 aliphatic heterocycles. The fourth-order valence-corrected chi connectivity index (χ4v) is 2.80. The number of nitrogen functional groups attached to an aromatic ring is 1. The van der Waals surface area contributed by atoms with Gasteiger partial charge in [-0.15, -0.1) is 0 Å². The molecule has 2 rings (SSSR count). The van der Waals surface area contributed by atoms with E-state index in [1.807, 2.05) is 0 Å². The number of urea groups is 1. The zero-order valence-electron chi connectivity index (χ0n) is 9.46. The highest BCUT2D eigenvalue weighted by atomic mass is 32.2. The topological polar surface area (TPSA) is 101 Å². The third-order valence-corrected chi connectivity index (χ3v) is 3.81. The largest absolute Gasteiger partial charge is 0.399 e. The third-order valence-electron chi connectivity index (χ3n) is 2.42. The summed E-state index contributed by atoms with van der Waals surface area (Å²) in [6.45, 7) is 0. The summed E-state index contributed by atoms with van der Waals surface area (Å²) in [5.41, 5.74) is 6.71.